The number of carboxylic acids is 1. The first-order chi connectivity index (χ1) is 42.5. The Balaban J connectivity index is 1.96. The van der Waals surface area contributed by atoms with Crippen molar-refractivity contribution >= 4 is 65.1 Å². The third-order valence-electron chi connectivity index (χ3n) is 14.5. The molecule has 0 radical (unpaired) electrons. The summed E-state index contributed by atoms with van der Waals surface area (Å²) in [6.45, 7) is 16.1. The van der Waals surface area contributed by atoms with E-state index in [0.29, 0.717) is 29.7 Å². The highest BCUT2D eigenvalue weighted by Crippen LogP contribution is 2.16. The lowest BCUT2D eigenvalue weighted by Gasteiger charge is -2.29. The minimum absolute atomic E-state index is 0.0191. The van der Waals surface area contributed by atoms with Gasteiger partial charge < -0.3 is 86.0 Å². The van der Waals surface area contributed by atoms with Crippen LogP contribution in [0.2, 0.25) is 0 Å². The number of aliphatic carboxylic acids is 1. The van der Waals surface area contributed by atoms with E-state index in [2.05, 4.69) is 62.8 Å². The van der Waals surface area contributed by atoms with Gasteiger partial charge in [0.1, 0.15) is 60.1 Å². The van der Waals surface area contributed by atoms with Crippen molar-refractivity contribution in [3.63, 3.8) is 0 Å². The van der Waals surface area contributed by atoms with E-state index in [4.69, 9.17) is 22.9 Å². The number of guanidine groups is 1. The average molecular weight is 1260 g/mol. The summed E-state index contributed by atoms with van der Waals surface area (Å²) < 4.78 is 0. The van der Waals surface area contributed by atoms with Gasteiger partial charge in [0.25, 0.3) is 0 Å². The van der Waals surface area contributed by atoms with Crippen LogP contribution in [-0.2, 0) is 67.2 Å². The zero-order valence-electron chi connectivity index (χ0n) is 53.3. The fourth-order valence-corrected chi connectivity index (χ4v) is 9.46. The molecule has 28 nitrogen and oxygen atoms in total. The maximum absolute atomic E-state index is 14.6. The number of nitrogens with zero attached hydrogens (tertiary/aromatic N) is 2. The molecule has 0 spiro atoms. The monoisotopic (exact) mass is 1260 g/mol. The van der Waals surface area contributed by atoms with Crippen LogP contribution in [0, 0.1) is 23.7 Å². The van der Waals surface area contributed by atoms with Gasteiger partial charge in [-0.1, -0.05) is 97.9 Å². The van der Waals surface area contributed by atoms with Crippen molar-refractivity contribution in [3.05, 3.63) is 83.9 Å². The molecule has 1 heterocycles. The number of aliphatic imine (C=N–C) groups is 1. The zero-order valence-corrected chi connectivity index (χ0v) is 53.3. The molecule has 10 atom stereocenters. The lowest BCUT2D eigenvalue weighted by atomic mass is 9.98. The van der Waals surface area contributed by atoms with Gasteiger partial charge >= 0.3 is 5.97 Å². The van der Waals surface area contributed by atoms with Gasteiger partial charge in [0.15, 0.2) is 5.96 Å². The van der Waals surface area contributed by atoms with Crippen molar-refractivity contribution in [2.45, 2.75) is 193 Å². The number of unbranched alkanes of at least 4 members (excludes halogenated alkanes) is 1. The molecule has 0 aliphatic heterocycles. The molecule has 0 unspecified atom stereocenters. The van der Waals surface area contributed by atoms with Crippen LogP contribution in [0.4, 0.5) is 0 Å². The quantitative estimate of drug-likeness (QED) is 0.0201. The zero-order chi connectivity index (χ0) is 67.2. The second-order valence-corrected chi connectivity index (χ2v) is 24.3. The molecular formula is C62H98N16O12. The van der Waals surface area contributed by atoms with Crippen molar-refractivity contribution in [1.82, 2.24) is 57.8 Å². The number of amides is 9. The molecule has 3 aromatic rings. The first kappa shape index (κ1) is 75.6. The Morgan fingerprint density at radius 1 is 0.500 bits per heavy atom. The number of phenolic OH excluding ortho intramolecular Hbond substituents is 1. The number of aromatic amines is 1. The molecule has 9 amide bonds. The number of hydrogen-bond acceptors (Lipinski definition) is 15. The van der Waals surface area contributed by atoms with Gasteiger partial charge in [0.05, 0.1) is 12.4 Å². The van der Waals surface area contributed by atoms with Gasteiger partial charge in [-0.15, -0.1) is 0 Å². The Morgan fingerprint density at radius 2 is 0.889 bits per heavy atom. The van der Waals surface area contributed by atoms with Crippen molar-refractivity contribution in [3.8, 4) is 5.75 Å². The van der Waals surface area contributed by atoms with Crippen LogP contribution in [0.5, 0.6) is 5.75 Å². The number of rotatable bonds is 40. The summed E-state index contributed by atoms with van der Waals surface area (Å²) in [5.41, 5.74) is 24.6. The summed E-state index contributed by atoms with van der Waals surface area (Å²) in [5.74, 6) is -9.24. The molecule has 0 aliphatic rings. The Morgan fingerprint density at radius 3 is 1.30 bits per heavy atom. The Hall–Kier alpha value is -8.66. The van der Waals surface area contributed by atoms with E-state index in [9.17, 15) is 58.2 Å². The topological polar surface area (TPSA) is 465 Å². The molecule has 1 aromatic heterocycles. The maximum atomic E-state index is 14.6. The molecule has 0 aliphatic carbocycles. The van der Waals surface area contributed by atoms with E-state index >= 15 is 0 Å². The molecule has 20 N–H and O–H groups in total. The molecule has 2 aromatic carbocycles. The molecule has 498 valence electrons. The van der Waals surface area contributed by atoms with Crippen LogP contribution in [0.3, 0.4) is 0 Å². The number of H-pyrrole nitrogens is 1. The molecule has 3 rings (SSSR count). The van der Waals surface area contributed by atoms with Crippen molar-refractivity contribution in [1.29, 1.82) is 0 Å². The molecule has 0 fully saturated rings. The van der Waals surface area contributed by atoms with Crippen LogP contribution in [0.1, 0.15) is 131 Å². The number of nitrogens with two attached hydrogens (primary N) is 4. The summed E-state index contributed by atoms with van der Waals surface area (Å²) in [5, 5.41) is 44.0. The number of aromatic hydroxyl groups is 1. The van der Waals surface area contributed by atoms with Crippen LogP contribution in [0.15, 0.2) is 72.1 Å². The van der Waals surface area contributed by atoms with E-state index in [-0.39, 0.29) is 106 Å². The van der Waals surface area contributed by atoms with Crippen molar-refractivity contribution < 1.29 is 58.2 Å². The number of carbonyl (C=O) groups is 10. The molecule has 0 saturated heterocycles. The Bertz CT molecular complexity index is 2810. The second kappa shape index (κ2) is 38.7. The van der Waals surface area contributed by atoms with Crippen molar-refractivity contribution in [2.75, 3.05) is 13.1 Å². The number of nitrogens with one attached hydrogen (secondary N) is 10. The minimum Gasteiger partial charge on any atom is -0.508 e. The maximum Gasteiger partial charge on any atom is 0.325 e. The van der Waals surface area contributed by atoms with Gasteiger partial charge in [-0.05, 0) is 112 Å². The van der Waals surface area contributed by atoms with Crippen molar-refractivity contribution in [2.24, 2.45) is 51.6 Å². The Labute approximate surface area is 527 Å². The van der Waals surface area contributed by atoms with Gasteiger partial charge in [0.2, 0.25) is 53.2 Å². The normalized spacial score (nSPS) is 14.7. The van der Waals surface area contributed by atoms with Gasteiger partial charge in [-0.25, -0.2) is 4.98 Å². The smallest absolute Gasteiger partial charge is 0.325 e. The van der Waals surface area contributed by atoms with E-state index in [1.165, 1.54) is 43.7 Å². The summed E-state index contributed by atoms with van der Waals surface area (Å²) in [4.78, 5) is 151. The molecular weight excluding hydrogens is 1160 g/mol. The number of phenols is 1. The SMILES string of the molecule is CC(C)C[C@H](NC(=O)[C@H](CC(C)C)NC(=O)[C@H](CC(C)C)NC(=O)[C@H](Cc1ccccc1)NC(=O)[C@H](Cc1cnc[nH]1)NC(=O)[C@@H](N)C(C)C)C(=O)N[C@@H](CCCCN)C(=O)N[C@@H](Cc1ccc(O)cc1)C(=O)N[C@@H](CCCN=C(N)N)C(=O)N[C@@H](C)C(=O)O. The summed E-state index contributed by atoms with van der Waals surface area (Å²) in [6, 6.07) is 2.02. The first-order valence-corrected chi connectivity index (χ1v) is 30.7. The lowest BCUT2D eigenvalue weighted by molar-refractivity contribution is -0.142. The summed E-state index contributed by atoms with van der Waals surface area (Å²) in [7, 11) is 0. The first-order valence-electron chi connectivity index (χ1n) is 30.7. The molecule has 90 heavy (non-hydrogen) atoms. The number of benzene rings is 2. The van der Waals surface area contributed by atoms with Gasteiger partial charge in [0, 0.05) is 37.7 Å². The number of imidazole rings is 1. The molecule has 0 bridgehead atoms. The standard InChI is InChI=1S/C62H98N16O12/c1-34(2)26-45(54(82)71-43(18-13-14-24-63)53(81)76-49(30-40-20-22-42(79)23-21-40)57(85)72-44(19-15-25-68-62(65)66)52(80)70-38(9)61(89)90)73-55(83)46(27-35(3)4)74-56(84)47(28-36(5)6)75-58(86)48(29-39-16-11-10-12-17-39)77-59(87)50(31-41-32-67-33-69-41)78-60(88)51(64)37(7)8/h10-12,16-17,20-23,32-38,43-51,79H,13-15,18-19,24-31,63-64H2,1-9H3,(H,67,69)(H,70,80)(H,71,82)(H,72,85)(H,73,83)(H,74,84)(H,75,86)(H,76,81)(H,77,87)(H,78,88)(H,89,90)(H4,65,66,68)/t38-,43-,44-,45-,46-,47-,48-,49-,50-,51-/m0/s1. The Kier molecular flexibility index (Phi) is 32.5. The van der Waals surface area contributed by atoms with E-state index in [1.807, 2.05) is 41.5 Å². The fraction of sp³-hybridized carbons (Fsp3) is 0.581. The second-order valence-electron chi connectivity index (χ2n) is 24.3. The van der Waals surface area contributed by atoms with E-state index in [0.717, 1.165) is 0 Å². The summed E-state index contributed by atoms with van der Waals surface area (Å²) in [6.07, 6.45) is 3.85. The fourth-order valence-electron chi connectivity index (χ4n) is 9.46. The predicted octanol–water partition coefficient (Wildman–Crippen LogP) is -0.0849. The van der Waals surface area contributed by atoms with E-state index in [1.54, 1.807) is 44.2 Å². The number of carboxylic acid groups (broad SMARTS) is 1. The minimum atomic E-state index is -1.43. The third-order valence-corrected chi connectivity index (χ3v) is 14.5. The molecule has 0 saturated carbocycles. The van der Waals surface area contributed by atoms with Crippen LogP contribution < -0.4 is 70.8 Å². The van der Waals surface area contributed by atoms with Crippen LogP contribution in [-0.4, -0.2) is 159 Å². The average Bonchev–Trinajstić information content (AvgIpc) is 1.42. The largest absolute Gasteiger partial charge is 0.508 e. The van der Waals surface area contributed by atoms with Crippen LogP contribution in [0.25, 0.3) is 0 Å². The lowest BCUT2D eigenvalue weighted by Crippen LogP contribution is -2.61. The summed E-state index contributed by atoms with van der Waals surface area (Å²) >= 11 is 0. The molecule has 28 heteroatoms. The van der Waals surface area contributed by atoms with Gasteiger partial charge in [-0.3, -0.25) is 52.9 Å². The van der Waals surface area contributed by atoms with E-state index < -0.39 is 120 Å². The number of aromatic nitrogens is 2. The highest BCUT2D eigenvalue weighted by atomic mass is 16.4. The van der Waals surface area contributed by atoms with Crippen LogP contribution >= 0.6 is 0 Å². The highest BCUT2D eigenvalue weighted by Gasteiger charge is 2.37. The van der Waals surface area contributed by atoms with Gasteiger partial charge in [-0.2, -0.15) is 0 Å². The highest BCUT2D eigenvalue weighted by molar-refractivity contribution is 5.98. The number of carbonyl (C=O) groups excluding carboxylic acids is 9. The number of hydrogen-bond donors (Lipinski definition) is 16. The third kappa shape index (κ3) is 27.8. The predicted molar refractivity (Wildman–Crippen MR) is 339 cm³/mol.